The Morgan fingerprint density at radius 2 is 1.61 bits per heavy atom. The highest BCUT2D eigenvalue weighted by Crippen LogP contribution is 2.22. The minimum Gasteiger partial charge on any atom is -0.481 e. The van der Waals surface area contributed by atoms with Crippen LogP contribution in [0.25, 0.3) is 0 Å². The van der Waals surface area contributed by atoms with Crippen molar-refractivity contribution in [3.63, 3.8) is 0 Å². The fourth-order valence-electron chi connectivity index (χ4n) is 3.18. The molecule has 0 aromatic heterocycles. The third-order valence-electron chi connectivity index (χ3n) is 5.20. The Hall–Kier alpha value is -3.60. The number of anilines is 1. The molecule has 0 radical (unpaired) electrons. The Labute approximate surface area is 183 Å². The van der Waals surface area contributed by atoms with Gasteiger partial charge in [0.05, 0.1) is 11.3 Å². The van der Waals surface area contributed by atoms with E-state index in [2.05, 4.69) is 10.6 Å². The lowest BCUT2D eigenvalue weighted by molar-refractivity contribution is -0.122. The highest BCUT2D eigenvalue weighted by atomic mass is 16.5. The Morgan fingerprint density at radius 1 is 0.903 bits per heavy atom. The topological polar surface area (TPSA) is 67.4 Å². The molecule has 3 aromatic rings. The van der Waals surface area contributed by atoms with E-state index in [1.54, 1.807) is 31.2 Å². The lowest BCUT2D eigenvalue weighted by Crippen LogP contribution is -2.32. The van der Waals surface area contributed by atoms with Crippen LogP contribution in [-0.2, 0) is 11.2 Å². The number of hydrogen-bond acceptors (Lipinski definition) is 3. The smallest absolute Gasteiger partial charge is 0.265 e. The van der Waals surface area contributed by atoms with E-state index in [9.17, 15) is 9.59 Å². The molecule has 0 fully saturated rings. The molecule has 2 amide bonds. The lowest BCUT2D eigenvalue weighted by atomic mass is 10.1. The molecule has 160 valence electrons. The van der Waals surface area contributed by atoms with Crippen LogP contribution in [0.4, 0.5) is 5.69 Å². The maximum absolute atomic E-state index is 12.7. The zero-order chi connectivity index (χ0) is 22.2. The average molecular weight is 417 g/mol. The quantitative estimate of drug-likeness (QED) is 0.560. The summed E-state index contributed by atoms with van der Waals surface area (Å²) in [6.07, 6.45) is 0.0247. The second-order valence-electron chi connectivity index (χ2n) is 7.48. The zero-order valence-electron chi connectivity index (χ0n) is 18.1. The lowest BCUT2D eigenvalue weighted by Gasteiger charge is -2.18. The van der Waals surface area contributed by atoms with E-state index in [1.165, 1.54) is 0 Å². The fourth-order valence-corrected chi connectivity index (χ4v) is 3.18. The van der Waals surface area contributed by atoms with Crippen LogP contribution in [0, 0.1) is 13.8 Å². The van der Waals surface area contributed by atoms with Crippen molar-refractivity contribution in [2.24, 2.45) is 0 Å². The van der Waals surface area contributed by atoms with Gasteiger partial charge in [0.25, 0.3) is 11.8 Å². The maximum atomic E-state index is 12.7. The van der Waals surface area contributed by atoms with E-state index in [-0.39, 0.29) is 11.8 Å². The van der Waals surface area contributed by atoms with Crippen LogP contribution < -0.4 is 15.4 Å². The van der Waals surface area contributed by atoms with Gasteiger partial charge in [-0.2, -0.15) is 0 Å². The first kappa shape index (κ1) is 22.1. The zero-order valence-corrected chi connectivity index (χ0v) is 18.1. The molecule has 0 aliphatic carbocycles. The van der Waals surface area contributed by atoms with Crippen molar-refractivity contribution in [1.29, 1.82) is 0 Å². The molecule has 31 heavy (non-hydrogen) atoms. The van der Waals surface area contributed by atoms with E-state index >= 15 is 0 Å². The summed E-state index contributed by atoms with van der Waals surface area (Å²) in [6, 6.07) is 22.7. The molecule has 2 N–H and O–H groups in total. The second kappa shape index (κ2) is 10.4. The molecule has 0 aliphatic rings. The number of hydrogen-bond donors (Lipinski definition) is 2. The van der Waals surface area contributed by atoms with Gasteiger partial charge < -0.3 is 15.4 Å². The molecule has 0 bridgehead atoms. The number of carbonyl (C=O) groups is 2. The molecule has 5 heteroatoms. The summed E-state index contributed by atoms with van der Waals surface area (Å²) in [5.74, 6) is 0.134. The number of nitrogens with one attached hydrogen (secondary N) is 2. The first-order valence-electron chi connectivity index (χ1n) is 10.4. The summed E-state index contributed by atoms with van der Waals surface area (Å²) in [6.45, 7) is 6.17. The number of benzene rings is 3. The molecule has 0 heterocycles. The molecule has 5 nitrogen and oxygen atoms in total. The summed E-state index contributed by atoms with van der Waals surface area (Å²) in [7, 11) is 0. The van der Waals surface area contributed by atoms with E-state index in [1.807, 2.05) is 62.4 Å². The molecule has 3 rings (SSSR count). The summed E-state index contributed by atoms with van der Waals surface area (Å²) in [4.78, 5) is 25.4. The van der Waals surface area contributed by atoms with Crippen LogP contribution in [0.2, 0.25) is 0 Å². The van der Waals surface area contributed by atoms with Gasteiger partial charge in [-0.05, 0) is 62.1 Å². The minimum atomic E-state index is -0.713. The van der Waals surface area contributed by atoms with Crippen molar-refractivity contribution in [3.8, 4) is 5.75 Å². The molecule has 3 aromatic carbocycles. The van der Waals surface area contributed by atoms with Gasteiger partial charge in [-0.1, -0.05) is 54.6 Å². The van der Waals surface area contributed by atoms with Crippen molar-refractivity contribution < 1.29 is 14.3 Å². The maximum Gasteiger partial charge on any atom is 0.265 e. The summed E-state index contributed by atoms with van der Waals surface area (Å²) >= 11 is 0. The first-order valence-corrected chi connectivity index (χ1v) is 10.4. The third kappa shape index (κ3) is 5.95. The van der Waals surface area contributed by atoms with Gasteiger partial charge in [-0.15, -0.1) is 0 Å². The SMILES string of the molecule is Cc1cccc(O[C@@H](C)C(=O)Nc2ccccc2C(=O)NCCc2ccccc2)c1C. The first-order chi connectivity index (χ1) is 15.0. The number of amides is 2. The van der Waals surface area contributed by atoms with Crippen molar-refractivity contribution in [2.45, 2.75) is 33.3 Å². The normalized spacial score (nSPS) is 11.5. The van der Waals surface area contributed by atoms with E-state index < -0.39 is 6.10 Å². The molecule has 0 unspecified atom stereocenters. The van der Waals surface area contributed by atoms with Gasteiger partial charge in [0.2, 0.25) is 0 Å². The predicted octanol–water partition coefficient (Wildman–Crippen LogP) is 4.68. The van der Waals surface area contributed by atoms with Gasteiger partial charge in [-0.3, -0.25) is 9.59 Å². The minimum absolute atomic E-state index is 0.227. The van der Waals surface area contributed by atoms with Crippen LogP contribution in [0.15, 0.2) is 72.8 Å². The standard InChI is InChI=1S/C26H28N2O3/c1-18-10-9-15-24(19(18)2)31-20(3)25(29)28-23-14-8-7-13-22(23)26(30)27-17-16-21-11-5-4-6-12-21/h4-15,20H,16-17H2,1-3H3,(H,27,30)(H,28,29)/t20-/m0/s1. The van der Waals surface area contributed by atoms with Crippen LogP contribution in [0.3, 0.4) is 0 Å². The Balaban J connectivity index is 1.61. The Morgan fingerprint density at radius 3 is 2.39 bits per heavy atom. The largest absolute Gasteiger partial charge is 0.481 e. The average Bonchev–Trinajstić information content (AvgIpc) is 2.78. The van der Waals surface area contributed by atoms with E-state index in [0.717, 1.165) is 23.1 Å². The third-order valence-corrected chi connectivity index (χ3v) is 5.20. The molecule has 1 atom stereocenters. The summed E-state index contributed by atoms with van der Waals surface area (Å²) < 4.78 is 5.86. The highest BCUT2D eigenvalue weighted by Gasteiger charge is 2.19. The van der Waals surface area contributed by atoms with E-state index in [4.69, 9.17) is 4.74 Å². The molecule has 0 spiro atoms. The van der Waals surface area contributed by atoms with Gasteiger partial charge in [0, 0.05) is 6.54 Å². The fraction of sp³-hybridized carbons (Fsp3) is 0.231. The van der Waals surface area contributed by atoms with Crippen molar-refractivity contribution in [1.82, 2.24) is 5.32 Å². The second-order valence-corrected chi connectivity index (χ2v) is 7.48. The number of ether oxygens (including phenoxy) is 1. The number of para-hydroxylation sites is 1. The van der Waals surface area contributed by atoms with Gasteiger partial charge >= 0.3 is 0 Å². The van der Waals surface area contributed by atoms with Gasteiger partial charge in [0.15, 0.2) is 6.10 Å². The summed E-state index contributed by atoms with van der Waals surface area (Å²) in [5.41, 5.74) is 4.13. The number of aryl methyl sites for hydroxylation is 1. The van der Waals surface area contributed by atoms with Crippen LogP contribution in [0.1, 0.15) is 34.0 Å². The van der Waals surface area contributed by atoms with Gasteiger partial charge in [-0.25, -0.2) is 0 Å². The van der Waals surface area contributed by atoms with Gasteiger partial charge in [0.1, 0.15) is 5.75 Å². The molecule has 0 saturated carbocycles. The van der Waals surface area contributed by atoms with Crippen LogP contribution in [-0.4, -0.2) is 24.5 Å². The molecule has 0 saturated heterocycles. The summed E-state index contributed by atoms with van der Waals surface area (Å²) in [5, 5.41) is 5.75. The molecule has 0 aliphatic heterocycles. The van der Waals surface area contributed by atoms with Crippen molar-refractivity contribution in [3.05, 3.63) is 95.1 Å². The van der Waals surface area contributed by atoms with E-state index in [0.29, 0.717) is 23.5 Å². The highest BCUT2D eigenvalue weighted by molar-refractivity contribution is 6.04. The molecular formula is C26H28N2O3. The van der Waals surface area contributed by atoms with Crippen LogP contribution >= 0.6 is 0 Å². The molecular weight excluding hydrogens is 388 g/mol. The predicted molar refractivity (Wildman–Crippen MR) is 124 cm³/mol. The Kier molecular flexibility index (Phi) is 7.44. The number of carbonyl (C=O) groups excluding carboxylic acids is 2. The number of rotatable bonds is 8. The monoisotopic (exact) mass is 416 g/mol. The van der Waals surface area contributed by atoms with Crippen molar-refractivity contribution >= 4 is 17.5 Å². The van der Waals surface area contributed by atoms with Crippen LogP contribution in [0.5, 0.6) is 5.75 Å². The van der Waals surface area contributed by atoms with Crippen molar-refractivity contribution in [2.75, 3.05) is 11.9 Å². The Bertz CT molecular complexity index is 1050.